The Hall–Kier alpha value is -1.48. The van der Waals surface area contributed by atoms with Crippen molar-refractivity contribution in [2.75, 3.05) is 5.88 Å². The Morgan fingerprint density at radius 1 is 1.44 bits per heavy atom. The van der Waals surface area contributed by atoms with Crippen LogP contribution in [-0.4, -0.2) is 16.4 Å². The van der Waals surface area contributed by atoms with Crippen LogP contribution in [0, 0.1) is 0 Å². The maximum atomic E-state index is 11.0. The average Bonchev–Trinajstić information content (AvgIpc) is 2.68. The molecule has 0 saturated carbocycles. The number of hydrogen-bond acceptors (Lipinski definition) is 1. The number of benzene rings is 1. The molecule has 1 heterocycles. The number of aromatic nitrogens is 1. The summed E-state index contributed by atoms with van der Waals surface area (Å²) in [7, 11) is 2.00. The van der Waals surface area contributed by atoms with Crippen molar-refractivity contribution in [2.24, 2.45) is 7.05 Å². The zero-order chi connectivity index (χ0) is 11.5. The molecule has 0 bridgehead atoms. The van der Waals surface area contributed by atoms with Crippen LogP contribution in [-0.2, 0) is 18.4 Å². The molecule has 2 aromatic rings. The molecule has 84 valence electrons. The lowest BCUT2D eigenvalue weighted by molar-refractivity contribution is -0.118. The minimum atomic E-state index is -0.145. The first-order chi connectivity index (χ1) is 7.70. The first-order valence-electron chi connectivity index (χ1n) is 5.07. The summed E-state index contributed by atoms with van der Waals surface area (Å²) in [6, 6.07) is 8.20. The molecular weight excluding hydrogens is 224 g/mol. The fourth-order valence-electron chi connectivity index (χ4n) is 1.67. The Morgan fingerprint density at radius 2 is 2.25 bits per heavy atom. The number of alkyl halides is 1. The fourth-order valence-corrected chi connectivity index (χ4v) is 1.76. The summed E-state index contributed by atoms with van der Waals surface area (Å²) < 4.78 is 2.06. The highest BCUT2D eigenvalue weighted by Gasteiger charge is 2.01. The molecule has 1 N–H and O–H groups in total. The number of carbonyl (C=O) groups excluding carboxylic acids is 1. The van der Waals surface area contributed by atoms with Crippen molar-refractivity contribution in [3.8, 4) is 0 Å². The largest absolute Gasteiger partial charge is 0.351 e. The van der Waals surface area contributed by atoms with Gasteiger partial charge in [-0.25, -0.2) is 0 Å². The lowest BCUT2D eigenvalue weighted by Gasteiger charge is -2.04. The Labute approximate surface area is 99.0 Å². The van der Waals surface area contributed by atoms with E-state index in [1.165, 1.54) is 5.39 Å². The molecule has 0 aliphatic rings. The molecule has 16 heavy (non-hydrogen) atoms. The van der Waals surface area contributed by atoms with E-state index in [2.05, 4.69) is 28.1 Å². The number of hydrogen-bond donors (Lipinski definition) is 1. The summed E-state index contributed by atoms with van der Waals surface area (Å²) in [5.74, 6) is -0.138. The summed E-state index contributed by atoms with van der Waals surface area (Å²) in [6.07, 6.45) is 2.02. The first-order valence-corrected chi connectivity index (χ1v) is 5.61. The van der Waals surface area contributed by atoms with Gasteiger partial charge < -0.3 is 9.88 Å². The topological polar surface area (TPSA) is 34.0 Å². The predicted molar refractivity (Wildman–Crippen MR) is 65.5 cm³/mol. The van der Waals surface area contributed by atoms with E-state index >= 15 is 0 Å². The summed E-state index contributed by atoms with van der Waals surface area (Å²) in [4.78, 5) is 11.0. The van der Waals surface area contributed by atoms with Crippen LogP contribution >= 0.6 is 11.6 Å². The number of aryl methyl sites for hydroxylation is 1. The van der Waals surface area contributed by atoms with E-state index in [1.807, 2.05) is 19.3 Å². The monoisotopic (exact) mass is 236 g/mol. The number of rotatable bonds is 3. The summed E-state index contributed by atoms with van der Waals surface area (Å²) in [5.41, 5.74) is 2.24. The third kappa shape index (κ3) is 2.19. The Kier molecular flexibility index (Phi) is 3.15. The number of nitrogens with one attached hydrogen (secondary N) is 1. The molecular formula is C12H13ClN2O. The molecule has 4 heteroatoms. The normalized spacial score (nSPS) is 10.6. The third-order valence-electron chi connectivity index (χ3n) is 2.56. The van der Waals surface area contributed by atoms with E-state index in [-0.39, 0.29) is 11.8 Å². The molecule has 0 fully saturated rings. The van der Waals surface area contributed by atoms with Crippen molar-refractivity contribution in [3.63, 3.8) is 0 Å². The molecule has 0 aliphatic carbocycles. The van der Waals surface area contributed by atoms with Crippen molar-refractivity contribution in [3.05, 3.63) is 36.0 Å². The standard InChI is InChI=1S/C12H13ClN2O/c1-15-5-4-10-3-2-9(6-11(10)15)8-14-12(16)7-13/h2-6H,7-8H2,1H3,(H,14,16). The van der Waals surface area contributed by atoms with Crippen LogP contribution < -0.4 is 5.32 Å². The van der Waals surface area contributed by atoms with E-state index in [9.17, 15) is 4.79 Å². The highest BCUT2D eigenvalue weighted by molar-refractivity contribution is 6.27. The maximum absolute atomic E-state index is 11.0. The van der Waals surface area contributed by atoms with Gasteiger partial charge >= 0.3 is 0 Å². The van der Waals surface area contributed by atoms with Gasteiger partial charge in [0.05, 0.1) is 0 Å². The van der Waals surface area contributed by atoms with Crippen LogP contribution in [0.3, 0.4) is 0 Å². The van der Waals surface area contributed by atoms with Crippen molar-refractivity contribution >= 4 is 28.4 Å². The SMILES string of the molecule is Cn1ccc2ccc(CNC(=O)CCl)cc21. The van der Waals surface area contributed by atoms with Crippen LogP contribution in [0.4, 0.5) is 0 Å². The van der Waals surface area contributed by atoms with Gasteiger partial charge in [-0.3, -0.25) is 4.79 Å². The number of amides is 1. The smallest absolute Gasteiger partial charge is 0.235 e. The predicted octanol–water partition coefficient (Wildman–Crippen LogP) is 2.03. The summed E-state index contributed by atoms with van der Waals surface area (Å²) >= 11 is 5.40. The van der Waals surface area contributed by atoms with Crippen LogP contribution in [0.15, 0.2) is 30.5 Å². The van der Waals surface area contributed by atoms with E-state index in [0.717, 1.165) is 11.1 Å². The van der Waals surface area contributed by atoms with Crippen molar-refractivity contribution in [1.29, 1.82) is 0 Å². The molecule has 0 saturated heterocycles. The van der Waals surface area contributed by atoms with E-state index < -0.39 is 0 Å². The molecule has 0 spiro atoms. The molecule has 0 aliphatic heterocycles. The summed E-state index contributed by atoms with van der Waals surface area (Å²) in [5, 5.41) is 3.95. The Morgan fingerprint density at radius 3 is 3.00 bits per heavy atom. The highest BCUT2D eigenvalue weighted by Crippen LogP contribution is 2.16. The molecule has 1 aromatic heterocycles. The second-order valence-electron chi connectivity index (χ2n) is 3.73. The van der Waals surface area contributed by atoms with E-state index in [0.29, 0.717) is 6.54 Å². The second-order valence-corrected chi connectivity index (χ2v) is 4.00. The Balaban J connectivity index is 2.19. The van der Waals surface area contributed by atoms with Gasteiger partial charge in [0.2, 0.25) is 5.91 Å². The summed E-state index contributed by atoms with van der Waals surface area (Å²) in [6.45, 7) is 0.521. The van der Waals surface area contributed by atoms with E-state index in [1.54, 1.807) is 0 Å². The average molecular weight is 237 g/mol. The second kappa shape index (κ2) is 4.58. The van der Waals surface area contributed by atoms with Gasteiger partial charge in [-0.15, -0.1) is 11.6 Å². The van der Waals surface area contributed by atoms with Gasteiger partial charge in [-0.1, -0.05) is 12.1 Å². The zero-order valence-electron chi connectivity index (χ0n) is 9.03. The number of carbonyl (C=O) groups is 1. The van der Waals surface area contributed by atoms with E-state index in [4.69, 9.17) is 11.6 Å². The third-order valence-corrected chi connectivity index (χ3v) is 2.81. The van der Waals surface area contributed by atoms with Gasteiger partial charge in [-0.05, 0) is 23.1 Å². The zero-order valence-corrected chi connectivity index (χ0v) is 9.79. The van der Waals surface area contributed by atoms with Gasteiger partial charge in [0.1, 0.15) is 5.88 Å². The number of nitrogens with zero attached hydrogens (tertiary/aromatic N) is 1. The lowest BCUT2D eigenvalue weighted by atomic mass is 10.1. The molecule has 1 amide bonds. The van der Waals surface area contributed by atoms with Crippen LogP contribution in [0.5, 0.6) is 0 Å². The minimum Gasteiger partial charge on any atom is -0.351 e. The van der Waals surface area contributed by atoms with Crippen molar-refractivity contribution < 1.29 is 4.79 Å². The maximum Gasteiger partial charge on any atom is 0.235 e. The molecule has 0 atom stereocenters. The van der Waals surface area contributed by atoms with Crippen molar-refractivity contribution in [1.82, 2.24) is 9.88 Å². The van der Waals surface area contributed by atoms with Gasteiger partial charge in [0, 0.05) is 25.3 Å². The highest BCUT2D eigenvalue weighted by atomic mass is 35.5. The molecule has 1 aromatic carbocycles. The first kappa shape index (κ1) is 11.0. The lowest BCUT2D eigenvalue weighted by Crippen LogP contribution is -2.23. The molecule has 3 nitrogen and oxygen atoms in total. The number of halogens is 1. The Bertz CT molecular complexity index is 519. The molecule has 0 radical (unpaired) electrons. The molecule has 0 unspecified atom stereocenters. The minimum absolute atomic E-state index is 0.00635. The van der Waals surface area contributed by atoms with Crippen molar-refractivity contribution in [2.45, 2.75) is 6.54 Å². The number of fused-ring (bicyclic) bond motifs is 1. The fraction of sp³-hybridized carbons (Fsp3) is 0.250. The van der Waals surface area contributed by atoms with Gasteiger partial charge in [0.25, 0.3) is 0 Å². The molecule has 2 rings (SSSR count). The van der Waals surface area contributed by atoms with Crippen LogP contribution in [0.25, 0.3) is 10.9 Å². The van der Waals surface area contributed by atoms with Crippen LogP contribution in [0.2, 0.25) is 0 Å². The quantitative estimate of drug-likeness (QED) is 0.813. The van der Waals surface area contributed by atoms with Gasteiger partial charge in [-0.2, -0.15) is 0 Å². The van der Waals surface area contributed by atoms with Gasteiger partial charge in [0.15, 0.2) is 0 Å². The van der Waals surface area contributed by atoms with Crippen LogP contribution in [0.1, 0.15) is 5.56 Å².